The van der Waals surface area contributed by atoms with Gasteiger partial charge in [-0.2, -0.15) is 0 Å². The van der Waals surface area contributed by atoms with Crippen LogP contribution in [0.15, 0.2) is 346 Å². The summed E-state index contributed by atoms with van der Waals surface area (Å²) in [4.78, 5) is 1.56. The average molecular weight is 1540 g/mol. The molecule has 0 saturated carbocycles. The summed E-state index contributed by atoms with van der Waals surface area (Å²) >= 11 is 8.96. The smallest absolute Gasteiger partial charge is 0.456 e. The molecule has 1 saturated heterocycles. The third kappa shape index (κ3) is 12.1. The van der Waals surface area contributed by atoms with Crippen LogP contribution in [-0.2, 0) is 9.31 Å². The van der Waals surface area contributed by atoms with Crippen LogP contribution in [0.3, 0.4) is 0 Å². The van der Waals surface area contributed by atoms with Crippen molar-refractivity contribution in [2.75, 3.05) is 9.80 Å². The zero-order valence-electron chi connectivity index (χ0n) is 78.2. The Bertz CT molecular complexity index is 6940. The molecule has 19 rings (SSSR count). The van der Waals surface area contributed by atoms with Gasteiger partial charge < -0.3 is 36.8 Å². The molecule has 1 aliphatic rings. The van der Waals surface area contributed by atoms with Gasteiger partial charge in [-0.1, -0.05) is 205 Å². The first-order valence-electron chi connectivity index (χ1n) is 44.0. The fraction of sp³-hybridized carbons (Fsp3) is 0.0667. The van der Waals surface area contributed by atoms with Crippen molar-refractivity contribution in [3.05, 3.63) is 328 Å². The minimum atomic E-state index is -0.716. The summed E-state index contributed by atoms with van der Waals surface area (Å²) in [5.74, 6) is 0. The molecule has 494 valence electrons. The topological polar surface area (TPSA) is 77.5 Å². The molecule has 0 radical (unpaired) electrons. The lowest BCUT2D eigenvalue weighted by Gasteiger charge is -2.32. The highest BCUT2D eigenvalue weighted by Crippen LogP contribution is 2.45. The van der Waals surface area contributed by atoms with E-state index in [1.165, 1.54) is 0 Å². The molecule has 1 fully saturated rings. The summed E-state index contributed by atoms with van der Waals surface area (Å²) in [5, 5.41) is 5.79. The van der Waals surface area contributed by atoms with Gasteiger partial charge in [0.25, 0.3) is 0 Å². The standard InChI is InChI=1S/C54H33NO3.C18H19BO3.C18H12Br3N/c1-4-16-46-43(10-1)52-40(13-7-19-49(52)56-46)34-22-28-37(29-23-34)55(38-30-24-35(25-31-38)41-14-8-20-50-53(41)44-11-2-5-17-47(44)57-50)39-32-26-36(27-33-39)42-15-9-21-51-54(42)45-12-3-6-18-48(45)58-51;1-17(2)18(3,4)22-19(21-17)13-9-7-11-15-16(13)12-8-5-6-10-14(12)20-15;19-13-1-7-16(8-2-13)22(17-9-3-14(20)4-10-17)18-11-5-15(21)6-12-18/h1-33H;5-11H,1-4H3;1-12H/i22D,23D,24D,25D,26D,27D,28D,29D,30D,31D,32D,33D;;1D,2D,3D,4D,5D,6D,7D,8D,9D,10D,11D,12D. The predicted molar refractivity (Wildman–Crippen MR) is 433 cm³/mol. The van der Waals surface area contributed by atoms with Crippen molar-refractivity contribution in [3.8, 4) is 33.4 Å². The summed E-state index contributed by atoms with van der Waals surface area (Å²) in [6.45, 7) is 8.28. The van der Waals surface area contributed by atoms with E-state index in [0.29, 0.717) is 82.5 Å². The lowest BCUT2D eigenvalue weighted by molar-refractivity contribution is 0.00578. The Morgan fingerprint density at radius 3 is 0.804 bits per heavy atom. The molecule has 0 atom stereocenters. The van der Waals surface area contributed by atoms with Crippen LogP contribution in [0.2, 0.25) is 0 Å². The van der Waals surface area contributed by atoms with E-state index < -0.39 is 179 Å². The third-order valence-electron chi connectivity index (χ3n) is 17.9. The van der Waals surface area contributed by atoms with Crippen LogP contribution in [0.4, 0.5) is 34.1 Å². The fourth-order valence-corrected chi connectivity index (χ4v) is 13.0. The van der Waals surface area contributed by atoms with Crippen molar-refractivity contribution in [2.45, 2.75) is 38.9 Å². The first-order chi connectivity index (χ1) is 59.8. The van der Waals surface area contributed by atoms with Gasteiger partial charge in [-0.05, 0) is 224 Å². The maximum absolute atomic E-state index is 9.73. The molecular weight excluding hydrogens is 1460 g/mol. The van der Waals surface area contributed by atoms with Crippen LogP contribution in [0.5, 0.6) is 0 Å². The second-order valence-corrected chi connectivity index (χ2v) is 26.9. The fourth-order valence-electron chi connectivity index (χ4n) is 12.5. The highest BCUT2D eigenvalue weighted by Gasteiger charge is 2.52. The molecular formula is C90H64BBr3N2O6. The zero-order valence-corrected chi connectivity index (χ0v) is 59.0. The van der Waals surface area contributed by atoms with E-state index in [4.69, 9.17) is 43.4 Å². The van der Waals surface area contributed by atoms with E-state index >= 15 is 0 Å². The lowest BCUT2D eigenvalue weighted by atomic mass is 9.76. The molecule has 0 bridgehead atoms. The second kappa shape index (κ2) is 26.7. The molecule has 12 heteroatoms. The Balaban J connectivity index is 0.000000164. The summed E-state index contributed by atoms with van der Waals surface area (Å²) < 4.78 is 252. The largest absolute Gasteiger partial charge is 0.495 e. The molecule has 8 nitrogen and oxygen atoms in total. The summed E-state index contributed by atoms with van der Waals surface area (Å²) in [6.07, 6.45) is 0. The zero-order chi connectivity index (χ0) is 90.1. The summed E-state index contributed by atoms with van der Waals surface area (Å²) in [5.41, 5.74) is 2.07. The number of benzene rings is 14. The SMILES string of the molecule is CC1(C)OB(c2cccc3oc4ccccc4c23)OC1(C)C.[2H]c1c([2H])c(N(c2c([2H])c([2H])c(-c3cccc4oc5ccccc5c34)c([2H])c2[2H])c2c([2H])c([2H])c(-c3cccc4oc5ccccc5c34)c([2H])c2[2H])c([2H])c([2H])c1-c1cccc2oc3ccccc3c12.[2H]c1c([2H])c(N(c2c([2H])c([2H])c(Br)c([2H])c2[2H])c2c([2H])c([2H])c(Br)c([2H])c2[2H])c([2H])c([2H])c1Br. The van der Waals surface area contributed by atoms with Crippen LogP contribution in [0, 0.1) is 0 Å². The minimum Gasteiger partial charge on any atom is -0.456 e. The van der Waals surface area contributed by atoms with E-state index in [1.54, 1.807) is 91.0 Å². The van der Waals surface area contributed by atoms with Gasteiger partial charge in [0.15, 0.2) is 0 Å². The number of hydrogen-bond acceptors (Lipinski definition) is 8. The Hall–Kier alpha value is -10.7. The van der Waals surface area contributed by atoms with Crippen molar-refractivity contribution in [1.29, 1.82) is 0 Å². The number of furan rings is 4. The van der Waals surface area contributed by atoms with E-state index in [0.717, 1.165) is 37.2 Å². The van der Waals surface area contributed by atoms with Crippen LogP contribution in [0.1, 0.15) is 60.6 Å². The molecule has 4 aromatic heterocycles. The molecule has 1 aliphatic heterocycles. The highest BCUT2D eigenvalue weighted by molar-refractivity contribution is 9.11. The van der Waals surface area contributed by atoms with Crippen LogP contribution in [-0.4, -0.2) is 18.3 Å². The molecule has 102 heavy (non-hydrogen) atoms. The van der Waals surface area contributed by atoms with Gasteiger partial charge in [-0.15, -0.1) is 0 Å². The number of nitrogens with zero attached hydrogens (tertiary/aromatic N) is 2. The Labute approximate surface area is 649 Å². The van der Waals surface area contributed by atoms with Crippen LogP contribution < -0.4 is 15.3 Å². The van der Waals surface area contributed by atoms with E-state index in [9.17, 15) is 16.4 Å². The Morgan fingerprint density at radius 1 is 0.275 bits per heavy atom. The number of hydrogen-bond donors (Lipinski definition) is 0. The van der Waals surface area contributed by atoms with E-state index in [2.05, 4.69) is 87.6 Å². The van der Waals surface area contributed by atoms with Crippen molar-refractivity contribution < 1.29 is 59.9 Å². The average Bonchev–Trinajstić information content (AvgIpc) is 0.733. The molecule has 14 aromatic carbocycles. The van der Waals surface area contributed by atoms with E-state index in [1.807, 2.05) is 66.7 Å². The summed E-state index contributed by atoms with van der Waals surface area (Å²) in [7, 11) is -0.380. The molecule has 18 aromatic rings. The Morgan fingerprint density at radius 2 is 0.510 bits per heavy atom. The normalized spacial score (nSPS) is 16.6. The number of halogens is 3. The van der Waals surface area contributed by atoms with Gasteiger partial charge >= 0.3 is 7.12 Å². The second-order valence-electron chi connectivity index (χ2n) is 24.6. The summed E-state index contributed by atoms with van der Waals surface area (Å²) in [6, 6.07) is 36.1. The molecule has 0 unspecified atom stereocenters. The van der Waals surface area contributed by atoms with Crippen molar-refractivity contribution in [1.82, 2.24) is 0 Å². The first kappa shape index (κ1) is 43.2. The first-order valence-corrected chi connectivity index (χ1v) is 34.4. The quantitative estimate of drug-likeness (QED) is 0.125. The predicted octanol–water partition coefficient (Wildman–Crippen LogP) is 27.2. The van der Waals surface area contributed by atoms with Gasteiger partial charge in [0.05, 0.1) is 44.1 Å². The monoisotopic (exact) mass is 1540 g/mol. The van der Waals surface area contributed by atoms with Crippen LogP contribution >= 0.6 is 47.8 Å². The van der Waals surface area contributed by atoms with Crippen molar-refractivity contribution in [3.63, 3.8) is 0 Å². The number of rotatable bonds is 10. The molecule has 0 amide bonds. The van der Waals surface area contributed by atoms with E-state index in [-0.39, 0.29) is 48.4 Å². The van der Waals surface area contributed by atoms with Crippen molar-refractivity contribution >= 4 is 182 Å². The van der Waals surface area contributed by atoms with Gasteiger partial charge in [0.1, 0.15) is 44.7 Å². The van der Waals surface area contributed by atoms with Gasteiger partial charge in [-0.3, -0.25) is 0 Å². The van der Waals surface area contributed by atoms with Crippen molar-refractivity contribution in [2.24, 2.45) is 0 Å². The lowest BCUT2D eigenvalue weighted by Crippen LogP contribution is -2.41. The number of fused-ring (bicyclic) bond motifs is 12. The molecule has 0 N–H and O–H groups in total. The van der Waals surface area contributed by atoms with Crippen LogP contribution in [0.25, 0.3) is 121 Å². The van der Waals surface area contributed by atoms with Gasteiger partial charge in [0.2, 0.25) is 0 Å². The molecule has 0 spiro atoms. The van der Waals surface area contributed by atoms with Gasteiger partial charge in [0, 0.05) is 90.6 Å². The van der Waals surface area contributed by atoms with Gasteiger partial charge in [-0.25, -0.2) is 0 Å². The maximum atomic E-state index is 9.73. The highest BCUT2D eigenvalue weighted by atomic mass is 79.9. The molecule has 0 aliphatic carbocycles. The number of anilines is 6. The third-order valence-corrected chi connectivity index (χ3v) is 19.1. The Kier molecular flexibility index (Phi) is 11.3. The maximum Gasteiger partial charge on any atom is 0.495 e. The minimum absolute atomic E-state index is 0.110. The molecule has 5 heterocycles. The number of para-hydroxylation sites is 4.